The number of hydrogen-bond donors (Lipinski definition) is 5. The van der Waals surface area contributed by atoms with Gasteiger partial charge in [0.25, 0.3) is 5.91 Å². The predicted molar refractivity (Wildman–Crippen MR) is 134 cm³/mol. The molecule has 0 radical (unpaired) electrons. The molecule has 0 aromatic heterocycles. The molecule has 1 aliphatic rings. The second-order valence-corrected chi connectivity index (χ2v) is 8.95. The zero-order chi connectivity index (χ0) is 27.6. The summed E-state index contributed by atoms with van der Waals surface area (Å²) in [6, 6.07) is 11.3. The van der Waals surface area contributed by atoms with E-state index in [0.717, 1.165) is 12.1 Å². The Balaban J connectivity index is 1.53. The van der Waals surface area contributed by atoms with Gasteiger partial charge in [0, 0.05) is 5.56 Å². The fraction of sp³-hybridized carbons (Fsp3) is 0.214. The molecule has 10 nitrogen and oxygen atoms in total. The maximum Gasteiger partial charge on any atom is 0.338 e. The summed E-state index contributed by atoms with van der Waals surface area (Å²) >= 11 is 0. The van der Waals surface area contributed by atoms with Gasteiger partial charge >= 0.3 is 5.97 Å². The van der Waals surface area contributed by atoms with Crippen LogP contribution in [0.2, 0.25) is 0 Å². The van der Waals surface area contributed by atoms with Gasteiger partial charge in [0.15, 0.2) is 5.78 Å². The second-order valence-electron chi connectivity index (χ2n) is 8.95. The van der Waals surface area contributed by atoms with Crippen LogP contribution in [0.4, 0.5) is 0 Å². The van der Waals surface area contributed by atoms with Crippen molar-refractivity contribution in [2.24, 2.45) is 0 Å². The highest BCUT2D eigenvalue weighted by Gasteiger charge is 2.33. The van der Waals surface area contributed by atoms with Gasteiger partial charge in [-0.2, -0.15) is 0 Å². The maximum atomic E-state index is 13.1. The highest BCUT2D eigenvalue weighted by atomic mass is 16.5. The Morgan fingerprint density at radius 3 is 2.08 bits per heavy atom. The molecule has 0 bridgehead atoms. The van der Waals surface area contributed by atoms with Crippen LogP contribution in [0.3, 0.4) is 0 Å². The lowest BCUT2D eigenvalue weighted by Gasteiger charge is -2.22. The number of carbonyl (C=O) groups excluding carboxylic acids is 4. The molecule has 0 aliphatic heterocycles. The van der Waals surface area contributed by atoms with Crippen LogP contribution in [-0.2, 0) is 4.74 Å². The average molecular weight is 520 g/mol. The number of aromatic hydroxyl groups is 4. The van der Waals surface area contributed by atoms with E-state index in [1.54, 1.807) is 12.1 Å². The van der Waals surface area contributed by atoms with Crippen LogP contribution in [0.25, 0.3) is 0 Å². The van der Waals surface area contributed by atoms with Crippen molar-refractivity contribution in [3.05, 3.63) is 82.4 Å². The Kier molecular flexibility index (Phi) is 7.33. The van der Waals surface area contributed by atoms with Crippen LogP contribution in [0.1, 0.15) is 73.2 Å². The average Bonchev–Trinajstić information content (AvgIpc) is 3.29. The van der Waals surface area contributed by atoms with Crippen molar-refractivity contribution in [2.75, 3.05) is 0 Å². The third kappa shape index (κ3) is 5.15. The summed E-state index contributed by atoms with van der Waals surface area (Å²) in [6.07, 6.45) is 0.933. The smallest absolute Gasteiger partial charge is 0.338 e. The molecule has 5 N–H and O–H groups in total. The highest BCUT2D eigenvalue weighted by Crippen LogP contribution is 2.35. The maximum absolute atomic E-state index is 13.1. The van der Waals surface area contributed by atoms with Gasteiger partial charge in [-0.3, -0.25) is 14.4 Å². The first-order valence-corrected chi connectivity index (χ1v) is 11.8. The number of phenols is 4. The predicted octanol–water partition coefficient (Wildman–Crippen LogP) is 3.45. The number of ether oxygens (including phenoxy) is 1. The van der Waals surface area contributed by atoms with Gasteiger partial charge in [-0.15, -0.1) is 0 Å². The number of phenolic OH excluding ortho intramolecular Hbond substituents is 4. The molecule has 0 unspecified atom stereocenters. The van der Waals surface area contributed by atoms with Crippen molar-refractivity contribution in [3.63, 3.8) is 0 Å². The Hall–Kier alpha value is -4.86. The van der Waals surface area contributed by atoms with E-state index in [1.807, 2.05) is 0 Å². The molecule has 3 aromatic rings. The summed E-state index contributed by atoms with van der Waals surface area (Å²) in [5.74, 6) is -5.15. The van der Waals surface area contributed by atoms with Crippen LogP contribution in [0, 0.1) is 0 Å². The molecule has 2 atom stereocenters. The number of carbonyl (C=O) groups is 4. The van der Waals surface area contributed by atoms with Gasteiger partial charge in [-0.1, -0.05) is 24.3 Å². The molecule has 1 saturated carbocycles. The molecule has 1 fully saturated rings. The SMILES string of the molecule is CC(=O)c1cccc(O)c1C(=O)c1c(O)cc(C(=O)O[C@H]2CCC[C@@H]2NC(=O)c2ccccc2O)cc1O. The van der Waals surface area contributed by atoms with Gasteiger partial charge in [-0.25, -0.2) is 4.79 Å². The van der Waals surface area contributed by atoms with Gasteiger partial charge in [-0.05, 0) is 56.5 Å². The van der Waals surface area contributed by atoms with Crippen molar-refractivity contribution in [3.8, 4) is 23.0 Å². The number of rotatable bonds is 7. The van der Waals surface area contributed by atoms with Crippen LogP contribution in [-0.4, -0.2) is 56.0 Å². The molecule has 1 aliphatic carbocycles. The number of Topliss-reactive ketones (excluding diaryl/α,β-unsaturated/α-hetero) is 1. The lowest BCUT2D eigenvalue weighted by atomic mass is 9.93. The van der Waals surface area contributed by atoms with E-state index >= 15 is 0 Å². The van der Waals surface area contributed by atoms with Gasteiger partial charge in [0.05, 0.1) is 22.7 Å². The number of nitrogens with one attached hydrogen (secondary N) is 1. The molecule has 0 heterocycles. The van der Waals surface area contributed by atoms with E-state index in [0.29, 0.717) is 19.3 Å². The summed E-state index contributed by atoms with van der Waals surface area (Å²) in [7, 11) is 0. The Bertz CT molecular complexity index is 1420. The molecule has 4 rings (SSSR count). The number of ketones is 2. The molecule has 196 valence electrons. The molecule has 3 aromatic carbocycles. The quantitative estimate of drug-likeness (QED) is 0.232. The van der Waals surface area contributed by atoms with Gasteiger partial charge < -0.3 is 30.5 Å². The van der Waals surface area contributed by atoms with E-state index in [9.17, 15) is 39.6 Å². The minimum absolute atomic E-state index is 0.0805. The summed E-state index contributed by atoms with van der Waals surface area (Å²) in [5.41, 5.74) is -1.26. The highest BCUT2D eigenvalue weighted by molar-refractivity contribution is 6.19. The van der Waals surface area contributed by atoms with Gasteiger partial charge in [0.2, 0.25) is 5.78 Å². The van der Waals surface area contributed by atoms with E-state index < -0.39 is 64.0 Å². The van der Waals surface area contributed by atoms with Crippen molar-refractivity contribution in [1.82, 2.24) is 5.32 Å². The van der Waals surface area contributed by atoms with Crippen LogP contribution < -0.4 is 5.32 Å². The standard InChI is InChI=1S/C28H25NO9/c1-14(30)16-7-4-10-20(32)24(16)26(35)25-21(33)12-15(13-22(25)34)28(37)38-23-11-5-8-18(23)29-27(36)17-6-2-3-9-19(17)31/h2-4,6-7,9-10,12-13,18,23,31-34H,5,8,11H2,1H3,(H,29,36)/t18-,23-/m0/s1. The molecule has 1 amide bonds. The Morgan fingerprint density at radius 1 is 0.789 bits per heavy atom. The topological polar surface area (TPSA) is 170 Å². The fourth-order valence-corrected chi connectivity index (χ4v) is 4.51. The molecular formula is C28H25NO9. The van der Waals surface area contributed by atoms with Gasteiger partial charge in [0.1, 0.15) is 34.7 Å². The number of esters is 1. The zero-order valence-corrected chi connectivity index (χ0v) is 20.3. The lowest BCUT2D eigenvalue weighted by Crippen LogP contribution is -2.42. The van der Waals surface area contributed by atoms with E-state index in [-0.39, 0.29) is 22.4 Å². The third-order valence-electron chi connectivity index (χ3n) is 6.38. The fourth-order valence-electron chi connectivity index (χ4n) is 4.51. The minimum atomic E-state index is -1.01. The first-order valence-electron chi connectivity index (χ1n) is 11.8. The summed E-state index contributed by atoms with van der Waals surface area (Å²) in [6.45, 7) is 1.20. The van der Waals surface area contributed by atoms with E-state index in [4.69, 9.17) is 4.74 Å². The molecule has 0 saturated heterocycles. The monoisotopic (exact) mass is 519 g/mol. The van der Waals surface area contributed by atoms with Crippen LogP contribution >= 0.6 is 0 Å². The molecular weight excluding hydrogens is 494 g/mol. The largest absolute Gasteiger partial charge is 0.507 e. The lowest BCUT2D eigenvalue weighted by molar-refractivity contribution is 0.0249. The van der Waals surface area contributed by atoms with Crippen molar-refractivity contribution >= 4 is 23.4 Å². The first kappa shape index (κ1) is 26.2. The summed E-state index contributed by atoms with van der Waals surface area (Å²) in [5, 5.41) is 43.9. The normalized spacial score (nSPS) is 16.6. The second kappa shape index (κ2) is 10.6. The summed E-state index contributed by atoms with van der Waals surface area (Å²) in [4.78, 5) is 50.4. The number of para-hydroxylation sites is 1. The van der Waals surface area contributed by atoms with Crippen LogP contribution in [0.5, 0.6) is 23.0 Å². The number of hydrogen-bond acceptors (Lipinski definition) is 9. The van der Waals surface area contributed by atoms with Crippen LogP contribution in [0.15, 0.2) is 54.6 Å². The summed E-state index contributed by atoms with van der Waals surface area (Å²) < 4.78 is 5.53. The van der Waals surface area contributed by atoms with E-state index in [1.165, 1.54) is 37.3 Å². The minimum Gasteiger partial charge on any atom is -0.507 e. The first-order chi connectivity index (χ1) is 18.1. The third-order valence-corrected chi connectivity index (χ3v) is 6.38. The molecule has 38 heavy (non-hydrogen) atoms. The van der Waals surface area contributed by atoms with Crippen molar-refractivity contribution < 1.29 is 44.3 Å². The van der Waals surface area contributed by atoms with Crippen molar-refractivity contribution in [2.45, 2.75) is 38.3 Å². The zero-order valence-electron chi connectivity index (χ0n) is 20.3. The molecule has 0 spiro atoms. The number of benzene rings is 3. The van der Waals surface area contributed by atoms with E-state index in [2.05, 4.69) is 5.32 Å². The number of amides is 1. The Morgan fingerprint density at radius 2 is 1.42 bits per heavy atom. The van der Waals surface area contributed by atoms with Crippen molar-refractivity contribution in [1.29, 1.82) is 0 Å². The Labute approximate surface area is 217 Å². The molecule has 10 heteroatoms.